The molecule has 2 N–H and O–H groups in total. The summed E-state index contributed by atoms with van der Waals surface area (Å²) in [5.74, 6) is -2.81. The lowest BCUT2D eigenvalue weighted by Gasteiger charge is -2.07. The van der Waals surface area contributed by atoms with Crippen molar-refractivity contribution >= 4 is 17.0 Å². The second kappa shape index (κ2) is 4.80. The predicted molar refractivity (Wildman–Crippen MR) is 65.3 cm³/mol. The van der Waals surface area contributed by atoms with Crippen molar-refractivity contribution in [3.05, 3.63) is 47.8 Å². The van der Waals surface area contributed by atoms with Crippen LogP contribution in [-0.2, 0) is 6.54 Å². The molecule has 8 heteroatoms. The minimum absolute atomic E-state index is 0.126. The Labute approximate surface area is 110 Å². The monoisotopic (exact) mass is 279 g/mol. The van der Waals surface area contributed by atoms with E-state index in [9.17, 15) is 13.2 Å². The molecule has 0 saturated heterocycles. The van der Waals surface area contributed by atoms with Crippen LogP contribution in [-0.4, -0.2) is 19.9 Å². The summed E-state index contributed by atoms with van der Waals surface area (Å²) in [5.41, 5.74) is 0.836. The van der Waals surface area contributed by atoms with E-state index in [2.05, 4.69) is 25.3 Å². The Hall–Kier alpha value is -2.64. The number of imidazole rings is 1. The number of aromatic amines is 1. The van der Waals surface area contributed by atoms with Crippen molar-refractivity contribution < 1.29 is 13.2 Å². The number of aromatic nitrogens is 4. The second-order valence-corrected chi connectivity index (χ2v) is 4.04. The number of benzene rings is 1. The molecule has 0 unspecified atom stereocenters. The molecule has 0 saturated carbocycles. The molecule has 2 heterocycles. The Bertz CT molecular complexity index is 771. The maximum absolute atomic E-state index is 13.5. The van der Waals surface area contributed by atoms with Gasteiger partial charge in [-0.15, -0.1) is 0 Å². The molecule has 0 atom stereocenters. The van der Waals surface area contributed by atoms with Crippen LogP contribution in [0.5, 0.6) is 0 Å². The fourth-order valence-corrected chi connectivity index (χ4v) is 1.81. The largest absolute Gasteiger partial charge is 0.364 e. The van der Waals surface area contributed by atoms with Gasteiger partial charge >= 0.3 is 0 Å². The summed E-state index contributed by atoms with van der Waals surface area (Å²) in [6.07, 6.45) is 2.73. The number of hydrogen-bond acceptors (Lipinski definition) is 4. The van der Waals surface area contributed by atoms with Gasteiger partial charge in [-0.25, -0.2) is 28.1 Å². The second-order valence-electron chi connectivity index (χ2n) is 4.04. The molecule has 0 fully saturated rings. The van der Waals surface area contributed by atoms with Crippen molar-refractivity contribution in [1.29, 1.82) is 0 Å². The summed E-state index contributed by atoms with van der Waals surface area (Å²) < 4.78 is 39.6. The zero-order valence-corrected chi connectivity index (χ0v) is 9.99. The first-order valence-electron chi connectivity index (χ1n) is 5.66. The summed E-state index contributed by atoms with van der Waals surface area (Å²) in [5, 5.41) is 2.78. The summed E-state index contributed by atoms with van der Waals surface area (Å²) >= 11 is 0. The molecule has 20 heavy (non-hydrogen) atoms. The first-order chi connectivity index (χ1) is 9.65. The number of fused-ring (bicyclic) bond motifs is 1. The van der Waals surface area contributed by atoms with Crippen LogP contribution < -0.4 is 5.32 Å². The Balaban J connectivity index is 1.88. The van der Waals surface area contributed by atoms with E-state index in [1.165, 1.54) is 12.7 Å². The van der Waals surface area contributed by atoms with Gasteiger partial charge < -0.3 is 10.3 Å². The number of anilines is 1. The Kier molecular flexibility index (Phi) is 2.97. The van der Waals surface area contributed by atoms with Crippen LogP contribution in [0.2, 0.25) is 0 Å². The molecule has 1 aromatic carbocycles. The van der Waals surface area contributed by atoms with Crippen LogP contribution in [0.15, 0.2) is 24.8 Å². The lowest BCUT2D eigenvalue weighted by atomic mass is 10.2. The maximum Gasteiger partial charge on any atom is 0.164 e. The topological polar surface area (TPSA) is 66.5 Å². The third kappa shape index (κ3) is 2.15. The maximum atomic E-state index is 13.5. The highest BCUT2D eigenvalue weighted by Crippen LogP contribution is 2.18. The molecule has 0 spiro atoms. The average Bonchev–Trinajstić information content (AvgIpc) is 2.90. The van der Waals surface area contributed by atoms with Crippen molar-refractivity contribution in [3.8, 4) is 0 Å². The van der Waals surface area contributed by atoms with Crippen LogP contribution in [0.3, 0.4) is 0 Å². The van der Waals surface area contributed by atoms with Gasteiger partial charge in [-0.1, -0.05) is 0 Å². The van der Waals surface area contributed by atoms with Crippen LogP contribution in [0.25, 0.3) is 11.2 Å². The fraction of sp³-hybridized carbons (Fsp3) is 0.0833. The van der Waals surface area contributed by atoms with Gasteiger partial charge in [-0.2, -0.15) is 0 Å². The smallest absolute Gasteiger partial charge is 0.164 e. The minimum Gasteiger partial charge on any atom is -0.364 e. The van der Waals surface area contributed by atoms with Gasteiger partial charge in [0.25, 0.3) is 0 Å². The van der Waals surface area contributed by atoms with E-state index in [4.69, 9.17) is 0 Å². The van der Waals surface area contributed by atoms with Gasteiger partial charge in [-0.05, 0) is 6.07 Å². The van der Waals surface area contributed by atoms with E-state index in [0.717, 1.165) is 6.07 Å². The number of H-pyrrole nitrogens is 1. The van der Waals surface area contributed by atoms with E-state index < -0.39 is 17.5 Å². The summed E-state index contributed by atoms with van der Waals surface area (Å²) in [6, 6.07) is 1.42. The number of halogens is 3. The van der Waals surface area contributed by atoms with E-state index in [0.29, 0.717) is 23.0 Å². The number of nitrogens with one attached hydrogen (secondary N) is 2. The van der Waals surface area contributed by atoms with Gasteiger partial charge in [0.2, 0.25) is 0 Å². The van der Waals surface area contributed by atoms with Crippen molar-refractivity contribution in [2.24, 2.45) is 0 Å². The zero-order valence-electron chi connectivity index (χ0n) is 9.99. The molecule has 3 aromatic rings. The van der Waals surface area contributed by atoms with Crippen molar-refractivity contribution in [3.63, 3.8) is 0 Å². The van der Waals surface area contributed by atoms with Crippen molar-refractivity contribution in [1.82, 2.24) is 19.9 Å². The number of hydrogen-bond donors (Lipinski definition) is 2. The minimum atomic E-state index is -1.23. The first kappa shape index (κ1) is 12.4. The molecule has 0 amide bonds. The lowest BCUT2D eigenvalue weighted by molar-refractivity contribution is 0.486. The predicted octanol–water partition coefficient (Wildman–Crippen LogP) is 2.38. The van der Waals surface area contributed by atoms with Crippen LogP contribution in [0.1, 0.15) is 5.56 Å². The van der Waals surface area contributed by atoms with Gasteiger partial charge in [0.05, 0.1) is 6.33 Å². The Morgan fingerprint density at radius 1 is 1.10 bits per heavy atom. The fourth-order valence-electron chi connectivity index (χ4n) is 1.81. The molecule has 102 valence electrons. The van der Waals surface area contributed by atoms with E-state index in [-0.39, 0.29) is 12.1 Å². The van der Waals surface area contributed by atoms with Crippen molar-refractivity contribution in [2.75, 3.05) is 5.32 Å². The standard InChI is InChI=1S/C12H8F3N5/c13-7-1-6(9(15)8(14)2-7)3-16-11-10-12(18-4-17-10)20-5-19-11/h1-2,4-5H,3H2,(H2,16,17,18,19,20). The summed E-state index contributed by atoms with van der Waals surface area (Å²) in [6.45, 7) is -0.126. The molecule has 0 radical (unpaired) electrons. The molecule has 3 rings (SSSR count). The van der Waals surface area contributed by atoms with E-state index in [1.54, 1.807) is 0 Å². The zero-order chi connectivity index (χ0) is 14.1. The van der Waals surface area contributed by atoms with Gasteiger partial charge in [-0.3, -0.25) is 0 Å². The highest BCUT2D eigenvalue weighted by molar-refractivity contribution is 5.81. The number of rotatable bonds is 3. The van der Waals surface area contributed by atoms with Crippen LogP contribution in [0, 0.1) is 17.5 Å². The summed E-state index contributed by atoms with van der Waals surface area (Å²) in [7, 11) is 0. The molecular formula is C12H8F3N5. The molecule has 0 aliphatic carbocycles. The van der Waals surface area contributed by atoms with Gasteiger partial charge in [0.1, 0.15) is 17.7 Å². The molecule has 0 bridgehead atoms. The van der Waals surface area contributed by atoms with E-state index in [1.807, 2.05) is 0 Å². The SMILES string of the molecule is Fc1cc(F)c(F)c(CNc2ncnc3[nH]cnc23)c1. The number of nitrogens with zero attached hydrogens (tertiary/aromatic N) is 3. The molecule has 0 aliphatic heterocycles. The molecule has 5 nitrogen and oxygen atoms in total. The normalized spacial score (nSPS) is 10.9. The molecule has 0 aliphatic rings. The van der Waals surface area contributed by atoms with Crippen LogP contribution in [0.4, 0.5) is 19.0 Å². The third-order valence-electron chi connectivity index (χ3n) is 2.73. The van der Waals surface area contributed by atoms with Crippen molar-refractivity contribution in [2.45, 2.75) is 6.54 Å². The quantitative estimate of drug-likeness (QED) is 0.722. The molecular weight excluding hydrogens is 271 g/mol. The third-order valence-corrected chi connectivity index (χ3v) is 2.73. The highest BCUT2D eigenvalue weighted by Gasteiger charge is 2.12. The highest BCUT2D eigenvalue weighted by atomic mass is 19.2. The van der Waals surface area contributed by atoms with Gasteiger partial charge in [0.15, 0.2) is 23.1 Å². The molecule has 2 aromatic heterocycles. The van der Waals surface area contributed by atoms with Crippen LogP contribution >= 0.6 is 0 Å². The Morgan fingerprint density at radius 3 is 2.80 bits per heavy atom. The Morgan fingerprint density at radius 2 is 1.95 bits per heavy atom. The average molecular weight is 279 g/mol. The summed E-state index contributed by atoms with van der Waals surface area (Å²) in [4.78, 5) is 14.7. The lowest BCUT2D eigenvalue weighted by Crippen LogP contribution is -2.06. The first-order valence-corrected chi connectivity index (χ1v) is 5.66. The van der Waals surface area contributed by atoms with E-state index >= 15 is 0 Å². The van der Waals surface area contributed by atoms with Gasteiger partial charge in [0, 0.05) is 18.2 Å².